The van der Waals surface area contributed by atoms with E-state index in [1.165, 1.54) is 12.1 Å². The van der Waals surface area contributed by atoms with Crippen LogP contribution in [0.15, 0.2) is 46.9 Å². The first-order chi connectivity index (χ1) is 9.08. The standard InChI is InChI=1S/C15H14BrF2N/c1-10(13-4-2-3-5-15(13)18)19-9-11-8-12(16)6-7-14(11)17/h2-8,10,19H,9H2,1H3/t10-/m1/s1. The first-order valence-corrected chi connectivity index (χ1v) is 6.79. The minimum Gasteiger partial charge on any atom is -0.306 e. The fraction of sp³-hybridized carbons (Fsp3) is 0.200. The second kappa shape index (κ2) is 6.26. The van der Waals surface area contributed by atoms with E-state index in [0.717, 1.165) is 4.47 Å². The molecule has 0 aliphatic carbocycles. The van der Waals surface area contributed by atoms with Crippen molar-refractivity contribution in [1.82, 2.24) is 5.32 Å². The average molecular weight is 326 g/mol. The lowest BCUT2D eigenvalue weighted by Crippen LogP contribution is -2.19. The summed E-state index contributed by atoms with van der Waals surface area (Å²) in [6.07, 6.45) is 0. The van der Waals surface area contributed by atoms with E-state index in [1.807, 2.05) is 6.92 Å². The van der Waals surface area contributed by atoms with Crippen LogP contribution < -0.4 is 5.32 Å². The van der Waals surface area contributed by atoms with E-state index in [0.29, 0.717) is 17.7 Å². The largest absolute Gasteiger partial charge is 0.306 e. The Morgan fingerprint density at radius 2 is 1.84 bits per heavy atom. The molecular formula is C15H14BrF2N. The number of halogens is 3. The first kappa shape index (κ1) is 14.2. The van der Waals surface area contributed by atoms with Crippen molar-refractivity contribution in [2.45, 2.75) is 19.5 Å². The molecule has 4 heteroatoms. The summed E-state index contributed by atoms with van der Waals surface area (Å²) in [6.45, 7) is 2.20. The van der Waals surface area contributed by atoms with Gasteiger partial charge in [-0.1, -0.05) is 34.1 Å². The van der Waals surface area contributed by atoms with Gasteiger partial charge in [-0.3, -0.25) is 0 Å². The maximum Gasteiger partial charge on any atom is 0.127 e. The average Bonchev–Trinajstić information content (AvgIpc) is 2.40. The van der Waals surface area contributed by atoms with E-state index in [1.54, 1.807) is 30.3 Å². The minimum atomic E-state index is -0.267. The third kappa shape index (κ3) is 3.61. The summed E-state index contributed by atoms with van der Waals surface area (Å²) in [5, 5.41) is 3.12. The molecule has 2 aromatic carbocycles. The van der Waals surface area contributed by atoms with Crippen molar-refractivity contribution in [3.63, 3.8) is 0 Å². The summed E-state index contributed by atoms with van der Waals surface area (Å²) in [4.78, 5) is 0. The molecule has 1 N–H and O–H groups in total. The normalized spacial score (nSPS) is 12.4. The number of hydrogen-bond acceptors (Lipinski definition) is 1. The number of rotatable bonds is 4. The van der Waals surface area contributed by atoms with Crippen LogP contribution in [0.4, 0.5) is 8.78 Å². The van der Waals surface area contributed by atoms with Gasteiger partial charge in [0.15, 0.2) is 0 Å². The summed E-state index contributed by atoms with van der Waals surface area (Å²) in [5.74, 6) is -0.520. The van der Waals surface area contributed by atoms with Gasteiger partial charge in [-0.2, -0.15) is 0 Å². The van der Waals surface area contributed by atoms with Crippen LogP contribution in [0.2, 0.25) is 0 Å². The molecule has 0 saturated heterocycles. The van der Waals surface area contributed by atoms with E-state index >= 15 is 0 Å². The molecule has 0 unspecified atom stereocenters. The molecule has 0 heterocycles. The van der Waals surface area contributed by atoms with Gasteiger partial charge in [0.05, 0.1) is 0 Å². The van der Waals surface area contributed by atoms with Gasteiger partial charge < -0.3 is 5.32 Å². The molecule has 0 aromatic heterocycles. The molecular weight excluding hydrogens is 312 g/mol. The molecule has 0 radical (unpaired) electrons. The van der Waals surface area contributed by atoms with Gasteiger partial charge >= 0.3 is 0 Å². The van der Waals surface area contributed by atoms with Gasteiger partial charge in [-0.25, -0.2) is 8.78 Å². The van der Waals surface area contributed by atoms with Crippen molar-refractivity contribution < 1.29 is 8.78 Å². The molecule has 0 spiro atoms. The Kier molecular flexibility index (Phi) is 4.66. The Bertz CT molecular complexity index is 572. The lowest BCUT2D eigenvalue weighted by molar-refractivity contribution is 0.515. The maximum absolute atomic E-state index is 13.6. The molecule has 2 rings (SSSR count). The second-order valence-electron chi connectivity index (χ2n) is 4.36. The van der Waals surface area contributed by atoms with Crippen LogP contribution in [0.5, 0.6) is 0 Å². The zero-order valence-electron chi connectivity index (χ0n) is 10.5. The van der Waals surface area contributed by atoms with Crippen molar-refractivity contribution in [1.29, 1.82) is 0 Å². The summed E-state index contributed by atoms with van der Waals surface area (Å²) in [7, 11) is 0. The highest BCUT2D eigenvalue weighted by Gasteiger charge is 2.10. The Balaban J connectivity index is 2.06. The maximum atomic E-state index is 13.6. The van der Waals surface area contributed by atoms with Crippen LogP contribution in [0.3, 0.4) is 0 Å². The molecule has 100 valence electrons. The van der Waals surface area contributed by atoms with Crippen LogP contribution in [0.25, 0.3) is 0 Å². The van der Waals surface area contributed by atoms with Gasteiger partial charge in [0.2, 0.25) is 0 Å². The van der Waals surface area contributed by atoms with Crippen molar-refractivity contribution >= 4 is 15.9 Å². The highest BCUT2D eigenvalue weighted by atomic mass is 79.9. The molecule has 0 aliphatic heterocycles. The topological polar surface area (TPSA) is 12.0 Å². The Labute approximate surface area is 119 Å². The van der Waals surface area contributed by atoms with Crippen LogP contribution >= 0.6 is 15.9 Å². The van der Waals surface area contributed by atoms with Crippen LogP contribution in [-0.4, -0.2) is 0 Å². The summed E-state index contributed by atoms with van der Waals surface area (Å²) in [5.41, 5.74) is 1.13. The van der Waals surface area contributed by atoms with E-state index in [9.17, 15) is 8.78 Å². The van der Waals surface area contributed by atoms with E-state index in [2.05, 4.69) is 21.2 Å². The highest BCUT2D eigenvalue weighted by molar-refractivity contribution is 9.10. The highest BCUT2D eigenvalue weighted by Crippen LogP contribution is 2.19. The molecule has 2 aromatic rings. The van der Waals surface area contributed by atoms with Gasteiger partial charge in [0, 0.05) is 28.2 Å². The number of nitrogens with one attached hydrogen (secondary N) is 1. The second-order valence-corrected chi connectivity index (χ2v) is 5.28. The third-order valence-corrected chi connectivity index (χ3v) is 3.47. The van der Waals surface area contributed by atoms with E-state index in [-0.39, 0.29) is 17.7 Å². The Morgan fingerprint density at radius 1 is 1.11 bits per heavy atom. The molecule has 0 saturated carbocycles. The van der Waals surface area contributed by atoms with E-state index < -0.39 is 0 Å². The van der Waals surface area contributed by atoms with Gasteiger partial charge in [-0.15, -0.1) is 0 Å². The summed E-state index contributed by atoms with van der Waals surface area (Å²) < 4.78 is 28.0. The Morgan fingerprint density at radius 3 is 2.58 bits per heavy atom. The van der Waals surface area contributed by atoms with E-state index in [4.69, 9.17) is 0 Å². The quantitative estimate of drug-likeness (QED) is 0.867. The Hall–Kier alpha value is -1.26. The molecule has 1 nitrogen and oxygen atoms in total. The predicted octanol–water partition coefficient (Wildman–Crippen LogP) is 4.58. The summed E-state index contributed by atoms with van der Waals surface area (Å²) in [6, 6.07) is 11.2. The lowest BCUT2D eigenvalue weighted by Gasteiger charge is -2.15. The van der Waals surface area contributed by atoms with Crippen molar-refractivity contribution in [3.05, 3.63) is 69.7 Å². The van der Waals surface area contributed by atoms with Crippen molar-refractivity contribution in [3.8, 4) is 0 Å². The zero-order valence-corrected chi connectivity index (χ0v) is 12.0. The number of hydrogen-bond donors (Lipinski definition) is 1. The van der Waals surface area contributed by atoms with Crippen LogP contribution in [0.1, 0.15) is 24.1 Å². The van der Waals surface area contributed by atoms with Gasteiger partial charge in [-0.05, 0) is 31.2 Å². The predicted molar refractivity (Wildman–Crippen MR) is 75.8 cm³/mol. The smallest absolute Gasteiger partial charge is 0.127 e. The lowest BCUT2D eigenvalue weighted by atomic mass is 10.1. The molecule has 1 atom stereocenters. The van der Waals surface area contributed by atoms with Crippen LogP contribution in [0, 0.1) is 11.6 Å². The van der Waals surface area contributed by atoms with Crippen molar-refractivity contribution in [2.75, 3.05) is 0 Å². The number of benzene rings is 2. The van der Waals surface area contributed by atoms with Crippen LogP contribution in [-0.2, 0) is 6.54 Å². The SMILES string of the molecule is C[C@@H](NCc1cc(Br)ccc1F)c1ccccc1F. The van der Waals surface area contributed by atoms with Crippen molar-refractivity contribution in [2.24, 2.45) is 0 Å². The fourth-order valence-corrected chi connectivity index (χ4v) is 2.29. The van der Waals surface area contributed by atoms with Gasteiger partial charge in [0.25, 0.3) is 0 Å². The fourth-order valence-electron chi connectivity index (χ4n) is 1.88. The molecule has 0 amide bonds. The first-order valence-electron chi connectivity index (χ1n) is 5.99. The molecule has 0 bridgehead atoms. The molecule has 0 fully saturated rings. The summed E-state index contributed by atoms with van der Waals surface area (Å²) >= 11 is 3.31. The third-order valence-electron chi connectivity index (χ3n) is 2.98. The molecule has 19 heavy (non-hydrogen) atoms. The zero-order chi connectivity index (χ0) is 13.8. The minimum absolute atomic E-state index is 0.181. The van der Waals surface area contributed by atoms with Gasteiger partial charge in [0.1, 0.15) is 11.6 Å². The molecule has 0 aliphatic rings. The monoisotopic (exact) mass is 325 g/mol.